The van der Waals surface area contributed by atoms with Crippen LogP contribution in [0.2, 0.25) is 0 Å². The van der Waals surface area contributed by atoms with Crippen molar-refractivity contribution in [2.75, 3.05) is 19.7 Å². The summed E-state index contributed by atoms with van der Waals surface area (Å²) in [5.74, 6) is 0.802. The number of halogens is 1. The molecule has 1 fully saturated rings. The zero-order valence-corrected chi connectivity index (χ0v) is 12.8. The average Bonchev–Trinajstić information content (AvgIpc) is 3.06. The molecule has 1 saturated heterocycles. The van der Waals surface area contributed by atoms with Gasteiger partial charge < -0.3 is 10.5 Å². The van der Waals surface area contributed by atoms with Gasteiger partial charge in [0.25, 0.3) is 0 Å². The Morgan fingerprint density at radius 1 is 1.40 bits per heavy atom. The molecule has 2 heterocycles. The summed E-state index contributed by atoms with van der Waals surface area (Å²) >= 11 is 0. The molecule has 1 atom stereocenters. The first kappa shape index (κ1) is 15.6. The van der Waals surface area contributed by atoms with Gasteiger partial charge in [0.05, 0.1) is 11.5 Å². The van der Waals surface area contributed by atoms with Crippen LogP contribution >= 0.6 is 12.4 Å². The molecular weight excluding hydrogens is 300 g/mol. The van der Waals surface area contributed by atoms with Crippen molar-refractivity contribution in [3.8, 4) is 5.75 Å². The molecule has 20 heavy (non-hydrogen) atoms. The van der Waals surface area contributed by atoms with Crippen molar-refractivity contribution < 1.29 is 13.2 Å². The van der Waals surface area contributed by atoms with Gasteiger partial charge in [0.15, 0.2) is 0 Å². The summed E-state index contributed by atoms with van der Waals surface area (Å²) in [4.78, 5) is 0.358. The van der Waals surface area contributed by atoms with Gasteiger partial charge in [0.1, 0.15) is 5.75 Å². The molecule has 3 rings (SSSR count). The molecule has 112 valence electrons. The average molecular weight is 319 g/mol. The fraction of sp³-hybridized carbons (Fsp3) is 0.538. The van der Waals surface area contributed by atoms with Gasteiger partial charge in [0, 0.05) is 25.6 Å². The molecule has 2 aliphatic rings. The summed E-state index contributed by atoms with van der Waals surface area (Å²) in [6, 6.07) is 5.06. The fourth-order valence-electron chi connectivity index (χ4n) is 2.82. The molecule has 7 heteroatoms. The lowest BCUT2D eigenvalue weighted by Crippen LogP contribution is -2.39. The number of hydrogen-bond donors (Lipinski definition) is 1. The Bertz CT molecular complexity index is 591. The molecule has 1 unspecified atom stereocenters. The monoisotopic (exact) mass is 318 g/mol. The Morgan fingerprint density at radius 2 is 2.20 bits per heavy atom. The van der Waals surface area contributed by atoms with Crippen molar-refractivity contribution in [1.29, 1.82) is 0 Å². The van der Waals surface area contributed by atoms with Crippen molar-refractivity contribution in [2.24, 2.45) is 5.73 Å². The van der Waals surface area contributed by atoms with E-state index in [9.17, 15) is 8.42 Å². The van der Waals surface area contributed by atoms with Crippen molar-refractivity contribution in [2.45, 2.75) is 30.2 Å². The van der Waals surface area contributed by atoms with Gasteiger partial charge in [-0.1, -0.05) is 0 Å². The zero-order chi connectivity index (χ0) is 13.5. The molecule has 1 aromatic rings. The molecule has 2 N–H and O–H groups in total. The standard InChI is InChI=1S/C13H18N2O3S.ClH/c14-9-11-2-1-6-15(11)19(16,17)12-3-4-13-10(8-12)5-7-18-13;/h3-4,8,11H,1-2,5-7,9,14H2;1H. The van der Waals surface area contributed by atoms with Gasteiger partial charge in [-0.2, -0.15) is 4.31 Å². The van der Waals surface area contributed by atoms with E-state index in [4.69, 9.17) is 10.5 Å². The smallest absolute Gasteiger partial charge is 0.243 e. The maximum Gasteiger partial charge on any atom is 0.243 e. The molecule has 0 spiro atoms. The Kier molecular flexibility index (Phi) is 4.59. The number of rotatable bonds is 3. The number of hydrogen-bond acceptors (Lipinski definition) is 4. The highest BCUT2D eigenvalue weighted by molar-refractivity contribution is 7.89. The first-order valence-electron chi connectivity index (χ1n) is 6.60. The minimum atomic E-state index is -3.42. The van der Waals surface area contributed by atoms with Gasteiger partial charge in [-0.05, 0) is 36.6 Å². The molecule has 5 nitrogen and oxygen atoms in total. The van der Waals surface area contributed by atoms with Crippen molar-refractivity contribution >= 4 is 22.4 Å². The van der Waals surface area contributed by atoms with E-state index in [1.807, 2.05) is 0 Å². The summed E-state index contributed by atoms with van der Waals surface area (Å²) in [5, 5.41) is 0. The fourth-order valence-corrected chi connectivity index (χ4v) is 4.58. The molecule has 0 amide bonds. The summed E-state index contributed by atoms with van der Waals surface area (Å²) in [7, 11) is -3.42. The van der Waals surface area contributed by atoms with Crippen molar-refractivity contribution in [1.82, 2.24) is 4.31 Å². The third-order valence-electron chi connectivity index (χ3n) is 3.86. The van der Waals surface area contributed by atoms with Gasteiger partial charge in [-0.3, -0.25) is 0 Å². The summed E-state index contributed by atoms with van der Waals surface area (Å²) in [5.41, 5.74) is 6.64. The van der Waals surface area contributed by atoms with Gasteiger partial charge in [-0.25, -0.2) is 8.42 Å². The normalized spacial score (nSPS) is 22.1. The highest BCUT2D eigenvalue weighted by Crippen LogP contribution is 2.31. The minimum absolute atomic E-state index is 0. The summed E-state index contributed by atoms with van der Waals surface area (Å²) in [6.45, 7) is 1.58. The molecule has 0 bridgehead atoms. The topological polar surface area (TPSA) is 72.6 Å². The van der Waals surface area contributed by atoms with E-state index in [0.29, 0.717) is 24.6 Å². The van der Waals surface area contributed by atoms with Crippen molar-refractivity contribution in [3.05, 3.63) is 23.8 Å². The lowest BCUT2D eigenvalue weighted by Gasteiger charge is -2.23. The van der Waals surface area contributed by atoms with Crippen LogP contribution in [0, 0.1) is 0 Å². The third-order valence-corrected chi connectivity index (χ3v) is 5.81. The number of ether oxygens (including phenoxy) is 1. The largest absolute Gasteiger partial charge is 0.493 e. The molecule has 0 radical (unpaired) electrons. The predicted octanol–water partition coefficient (Wildman–Crippen LogP) is 1.16. The minimum Gasteiger partial charge on any atom is -0.493 e. The summed E-state index contributed by atoms with van der Waals surface area (Å²) < 4.78 is 32.2. The second-order valence-corrected chi connectivity index (χ2v) is 6.91. The lowest BCUT2D eigenvalue weighted by atomic mass is 10.2. The van der Waals surface area contributed by atoms with E-state index < -0.39 is 10.0 Å². The van der Waals surface area contributed by atoms with Crippen LogP contribution in [0.3, 0.4) is 0 Å². The second-order valence-electron chi connectivity index (χ2n) is 5.02. The Labute approximate surface area is 125 Å². The van der Waals surface area contributed by atoms with Crippen LogP contribution in [0.5, 0.6) is 5.75 Å². The number of fused-ring (bicyclic) bond motifs is 1. The van der Waals surface area contributed by atoms with Crippen LogP contribution in [0.15, 0.2) is 23.1 Å². The quantitative estimate of drug-likeness (QED) is 0.907. The molecular formula is C13H19ClN2O3S. The SMILES string of the molecule is Cl.NCC1CCCN1S(=O)(=O)c1ccc2c(c1)CCO2. The van der Waals surface area contributed by atoms with E-state index in [-0.39, 0.29) is 18.4 Å². The van der Waals surface area contributed by atoms with Gasteiger partial charge in [0.2, 0.25) is 10.0 Å². The predicted molar refractivity (Wildman–Crippen MR) is 78.9 cm³/mol. The molecule has 0 aromatic heterocycles. The number of nitrogens with two attached hydrogens (primary N) is 1. The molecule has 0 aliphatic carbocycles. The molecule has 1 aromatic carbocycles. The van der Waals surface area contributed by atoms with Crippen LogP contribution in [0.1, 0.15) is 18.4 Å². The highest BCUT2D eigenvalue weighted by Gasteiger charge is 2.34. The maximum absolute atomic E-state index is 12.6. The van der Waals surface area contributed by atoms with E-state index in [0.717, 1.165) is 30.6 Å². The Morgan fingerprint density at radius 3 is 2.95 bits per heavy atom. The van der Waals surface area contributed by atoms with E-state index >= 15 is 0 Å². The Hall–Kier alpha value is -0.820. The van der Waals surface area contributed by atoms with Crippen LogP contribution in [0.25, 0.3) is 0 Å². The van der Waals surface area contributed by atoms with E-state index in [1.165, 1.54) is 0 Å². The van der Waals surface area contributed by atoms with E-state index in [2.05, 4.69) is 0 Å². The lowest BCUT2D eigenvalue weighted by molar-refractivity contribution is 0.356. The van der Waals surface area contributed by atoms with Crippen LogP contribution in [-0.2, 0) is 16.4 Å². The van der Waals surface area contributed by atoms with Crippen LogP contribution in [0.4, 0.5) is 0 Å². The zero-order valence-electron chi connectivity index (χ0n) is 11.1. The van der Waals surface area contributed by atoms with E-state index in [1.54, 1.807) is 22.5 Å². The highest BCUT2D eigenvalue weighted by atomic mass is 35.5. The second kappa shape index (κ2) is 5.89. The first-order valence-corrected chi connectivity index (χ1v) is 8.04. The van der Waals surface area contributed by atoms with Crippen LogP contribution < -0.4 is 10.5 Å². The first-order chi connectivity index (χ1) is 9.13. The molecule has 0 saturated carbocycles. The Balaban J connectivity index is 0.00000147. The third kappa shape index (κ3) is 2.53. The van der Waals surface area contributed by atoms with Gasteiger partial charge >= 0.3 is 0 Å². The number of benzene rings is 1. The van der Waals surface area contributed by atoms with Crippen molar-refractivity contribution in [3.63, 3.8) is 0 Å². The molecule has 2 aliphatic heterocycles. The number of sulfonamides is 1. The number of nitrogens with zero attached hydrogens (tertiary/aromatic N) is 1. The van der Waals surface area contributed by atoms with Crippen LogP contribution in [-0.4, -0.2) is 38.5 Å². The summed E-state index contributed by atoms with van der Waals surface area (Å²) in [6.07, 6.45) is 2.51. The maximum atomic E-state index is 12.6. The van der Waals surface area contributed by atoms with Gasteiger partial charge in [-0.15, -0.1) is 12.4 Å².